The molecule has 0 bridgehead atoms. The molecule has 244 valence electrons. The maximum absolute atomic E-state index is 14.2. The number of anilines is 1. The Labute approximate surface area is 266 Å². The maximum atomic E-state index is 14.2. The molecule has 0 saturated heterocycles. The predicted molar refractivity (Wildman–Crippen MR) is 173 cm³/mol. The molecule has 0 aliphatic heterocycles. The average Bonchev–Trinajstić information content (AvgIpc) is 3.05. The number of hydrogen-bond donors (Lipinski definition) is 1. The number of benzene rings is 3. The zero-order chi connectivity index (χ0) is 33.0. The number of carbonyl (C=O) groups is 2. The average molecular weight is 642 g/mol. The Morgan fingerprint density at radius 3 is 2.20 bits per heavy atom. The summed E-state index contributed by atoms with van der Waals surface area (Å²) in [5.74, 6) is 0.796. The summed E-state index contributed by atoms with van der Waals surface area (Å²) in [5, 5.41) is 2.88. The molecular formula is C33H43N3O8S. The van der Waals surface area contributed by atoms with Gasteiger partial charge >= 0.3 is 0 Å². The topological polar surface area (TPSA) is 124 Å². The van der Waals surface area contributed by atoms with Crippen molar-refractivity contribution in [1.29, 1.82) is 0 Å². The second-order valence-corrected chi connectivity index (χ2v) is 12.0. The highest BCUT2D eigenvalue weighted by atomic mass is 32.2. The summed E-state index contributed by atoms with van der Waals surface area (Å²) in [6, 6.07) is 16.9. The first-order chi connectivity index (χ1) is 21.6. The van der Waals surface area contributed by atoms with E-state index in [1.54, 1.807) is 56.5 Å². The molecule has 0 radical (unpaired) electrons. The summed E-state index contributed by atoms with van der Waals surface area (Å²) < 4.78 is 51.0. The van der Waals surface area contributed by atoms with E-state index < -0.39 is 28.5 Å². The molecule has 0 spiro atoms. The quantitative estimate of drug-likeness (QED) is 0.212. The minimum absolute atomic E-state index is 0.0475. The van der Waals surface area contributed by atoms with Crippen molar-refractivity contribution in [2.24, 2.45) is 0 Å². The van der Waals surface area contributed by atoms with Crippen molar-refractivity contribution in [2.75, 3.05) is 45.3 Å². The van der Waals surface area contributed by atoms with E-state index in [1.807, 2.05) is 19.9 Å². The lowest BCUT2D eigenvalue weighted by Gasteiger charge is -2.32. The summed E-state index contributed by atoms with van der Waals surface area (Å²) in [5.41, 5.74) is 0.953. The summed E-state index contributed by atoms with van der Waals surface area (Å²) in [6.45, 7) is 5.85. The standard InChI is InChI=1S/C33H43N3O8S/c1-7-9-19-34-33(38)24(3)35(22-25-11-10-12-28(20-25)41-4)32(37)23-36(26-13-15-27(16-14-26)44-8-2)45(39,40)29-17-18-30(42-5)31(21-29)43-6/h10-18,20-21,24H,7-9,19,22-23H2,1-6H3,(H,34,38)/t24-/m1/s1. The van der Waals surface area contributed by atoms with Crippen LogP contribution in [-0.2, 0) is 26.2 Å². The molecule has 0 saturated carbocycles. The van der Waals surface area contributed by atoms with Crippen molar-refractivity contribution in [3.63, 3.8) is 0 Å². The van der Waals surface area contributed by atoms with Crippen molar-refractivity contribution in [3.8, 4) is 23.0 Å². The van der Waals surface area contributed by atoms with Crippen LogP contribution >= 0.6 is 0 Å². The van der Waals surface area contributed by atoms with Crippen molar-refractivity contribution in [3.05, 3.63) is 72.3 Å². The highest BCUT2D eigenvalue weighted by molar-refractivity contribution is 7.92. The van der Waals surface area contributed by atoms with E-state index in [-0.39, 0.29) is 28.8 Å². The number of unbranched alkanes of at least 4 members (excludes halogenated alkanes) is 1. The molecule has 1 atom stereocenters. The first-order valence-corrected chi connectivity index (χ1v) is 16.2. The Morgan fingerprint density at radius 1 is 0.867 bits per heavy atom. The number of rotatable bonds is 17. The third kappa shape index (κ3) is 9.04. The van der Waals surface area contributed by atoms with Gasteiger partial charge in [-0.25, -0.2) is 8.42 Å². The van der Waals surface area contributed by atoms with E-state index in [0.717, 1.165) is 17.1 Å². The Morgan fingerprint density at radius 2 is 1.58 bits per heavy atom. The van der Waals surface area contributed by atoms with Crippen LogP contribution in [0.5, 0.6) is 23.0 Å². The van der Waals surface area contributed by atoms with Crippen LogP contribution in [-0.4, -0.2) is 72.2 Å². The molecular weight excluding hydrogens is 598 g/mol. The molecule has 1 N–H and O–H groups in total. The van der Waals surface area contributed by atoms with Crippen LogP contribution in [0, 0.1) is 0 Å². The third-order valence-corrected chi connectivity index (χ3v) is 8.91. The SMILES string of the molecule is CCCCNC(=O)[C@@H](C)N(Cc1cccc(OC)c1)C(=O)CN(c1ccc(OCC)cc1)S(=O)(=O)c1ccc(OC)c(OC)c1. The summed E-state index contributed by atoms with van der Waals surface area (Å²) in [7, 11) is 0.0776. The van der Waals surface area contributed by atoms with Gasteiger partial charge in [-0.1, -0.05) is 25.5 Å². The number of methoxy groups -OCH3 is 3. The first kappa shape index (κ1) is 35.0. The monoisotopic (exact) mass is 641 g/mol. The molecule has 3 aromatic rings. The van der Waals surface area contributed by atoms with E-state index >= 15 is 0 Å². The number of hydrogen-bond acceptors (Lipinski definition) is 8. The van der Waals surface area contributed by atoms with Gasteiger partial charge in [0.1, 0.15) is 24.1 Å². The fraction of sp³-hybridized carbons (Fsp3) is 0.394. The minimum Gasteiger partial charge on any atom is -0.497 e. The smallest absolute Gasteiger partial charge is 0.264 e. The summed E-state index contributed by atoms with van der Waals surface area (Å²) in [6.07, 6.45) is 1.68. The molecule has 0 heterocycles. The Balaban J connectivity index is 2.07. The number of nitrogens with zero attached hydrogens (tertiary/aromatic N) is 2. The van der Waals surface area contributed by atoms with E-state index in [0.29, 0.717) is 36.0 Å². The van der Waals surface area contributed by atoms with Gasteiger partial charge in [0, 0.05) is 19.2 Å². The second kappa shape index (κ2) is 16.6. The highest BCUT2D eigenvalue weighted by Gasteiger charge is 2.33. The molecule has 0 fully saturated rings. The van der Waals surface area contributed by atoms with E-state index in [4.69, 9.17) is 18.9 Å². The largest absolute Gasteiger partial charge is 0.497 e. The van der Waals surface area contributed by atoms with Crippen LogP contribution in [0.2, 0.25) is 0 Å². The van der Waals surface area contributed by atoms with Crippen LogP contribution < -0.4 is 28.6 Å². The van der Waals surface area contributed by atoms with Crippen molar-refractivity contribution in [2.45, 2.75) is 51.1 Å². The van der Waals surface area contributed by atoms with Crippen LogP contribution in [0.4, 0.5) is 5.69 Å². The fourth-order valence-corrected chi connectivity index (χ4v) is 6.02. The van der Waals surface area contributed by atoms with Crippen LogP contribution in [0.15, 0.2) is 71.6 Å². The van der Waals surface area contributed by atoms with Gasteiger partial charge in [-0.3, -0.25) is 13.9 Å². The van der Waals surface area contributed by atoms with Crippen molar-refractivity contribution < 1.29 is 37.0 Å². The minimum atomic E-state index is -4.32. The van der Waals surface area contributed by atoms with Gasteiger partial charge in [0.15, 0.2) is 11.5 Å². The lowest BCUT2D eigenvalue weighted by Crippen LogP contribution is -2.51. The van der Waals surface area contributed by atoms with Crippen LogP contribution in [0.3, 0.4) is 0 Å². The zero-order valence-corrected chi connectivity index (χ0v) is 27.6. The van der Waals surface area contributed by atoms with Gasteiger partial charge in [-0.2, -0.15) is 0 Å². The molecule has 0 aliphatic rings. The van der Waals surface area contributed by atoms with Gasteiger partial charge in [-0.15, -0.1) is 0 Å². The first-order valence-electron chi connectivity index (χ1n) is 14.8. The number of nitrogens with one attached hydrogen (secondary N) is 1. The lowest BCUT2D eigenvalue weighted by molar-refractivity contribution is -0.139. The van der Waals surface area contributed by atoms with Crippen molar-refractivity contribution in [1.82, 2.24) is 10.2 Å². The summed E-state index contributed by atoms with van der Waals surface area (Å²) >= 11 is 0. The Bertz CT molecular complexity index is 1530. The molecule has 0 aliphatic carbocycles. The van der Waals surface area contributed by atoms with E-state index in [1.165, 1.54) is 37.3 Å². The molecule has 12 heteroatoms. The third-order valence-electron chi connectivity index (χ3n) is 7.14. The van der Waals surface area contributed by atoms with Gasteiger partial charge in [-0.05, 0) is 74.4 Å². The van der Waals surface area contributed by atoms with E-state index in [2.05, 4.69) is 5.32 Å². The van der Waals surface area contributed by atoms with Crippen molar-refractivity contribution >= 4 is 27.5 Å². The number of amides is 2. The highest BCUT2D eigenvalue weighted by Crippen LogP contribution is 2.33. The van der Waals surface area contributed by atoms with Gasteiger partial charge in [0.05, 0.1) is 38.5 Å². The number of carbonyl (C=O) groups excluding carboxylic acids is 2. The van der Waals surface area contributed by atoms with Crippen LogP contribution in [0.25, 0.3) is 0 Å². The second-order valence-electron chi connectivity index (χ2n) is 10.1. The molecule has 0 aromatic heterocycles. The number of ether oxygens (including phenoxy) is 4. The predicted octanol–water partition coefficient (Wildman–Crippen LogP) is 4.64. The Kier molecular flexibility index (Phi) is 12.9. The molecule has 3 aromatic carbocycles. The fourth-order valence-electron chi connectivity index (χ4n) is 4.59. The molecule has 11 nitrogen and oxygen atoms in total. The Hall–Kier alpha value is -4.45. The lowest BCUT2D eigenvalue weighted by atomic mass is 10.1. The summed E-state index contributed by atoms with van der Waals surface area (Å²) in [4.78, 5) is 28.6. The number of sulfonamides is 1. The van der Waals surface area contributed by atoms with Gasteiger partial charge in [0.2, 0.25) is 11.8 Å². The molecule has 45 heavy (non-hydrogen) atoms. The molecule has 3 rings (SSSR count). The normalized spacial score (nSPS) is 11.7. The zero-order valence-electron chi connectivity index (χ0n) is 26.7. The molecule has 0 unspecified atom stereocenters. The van der Waals surface area contributed by atoms with Crippen LogP contribution in [0.1, 0.15) is 39.2 Å². The maximum Gasteiger partial charge on any atom is 0.264 e. The molecule has 2 amide bonds. The van der Waals surface area contributed by atoms with Gasteiger partial charge < -0.3 is 29.2 Å². The van der Waals surface area contributed by atoms with Gasteiger partial charge in [0.25, 0.3) is 10.0 Å². The van der Waals surface area contributed by atoms with E-state index in [9.17, 15) is 18.0 Å².